The molecule has 1 N–H and O–H groups in total. The number of hydrogen-bond donors (Lipinski definition) is 1. The molecule has 0 atom stereocenters. The summed E-state index contributed by atoms with van der Waals surface area (Å²) in [5, 5.41) is 5.49. The molecule has 2 nitrogen and oxygen atoms in total. The maximum absolute atomic E-state index is 6.12. The van der Waals surface area contributed by atoms with E-state index >= 15 is 0 Å². The highest BCUT2D eigenvalue weighted by Gasteiger charge is 2.22. The van der Waals surface area contributed by atoms with Crippen LogP contribution >= 0.6 is 11.6 Å². The lowest BCUT2D eigenvalue weighted by atomic mass is 10.00. The Hall–Kier alpha value is -0.990. The second kappa shape index (κ2) is 5.18. The highest BCUT2D eigenvalue weighted by molar-refractivity contribution is 6.31. The number of furan rings is 1. The molecule has 1 aromatic heterocycles. The van der Waals surface area contributed by atoms with Crippen molar-refractivity contribution in [2.24, 2.45) is 5.92 Å². The minimum Gasteiger partial charge on any atom is -0.459 e. The normalized spacial score (nSPS) is 15.6. The average Bonchev–Trinajstić information content (AvgIpc) is 3.12. The van der Waals surface area contributed by atoms with Crippen LogP contribution in [0.2, 0.25) is 5.02 Å². The van der Waals surface area contributed by atoms with Gasteiger partial charge in [-0.05, 0) is 43.4 Å². The molecular formula is C16H20ClNO. The smallest absolute Gasteiger partial charge is 0.134 e. The van der Waals surface area contributed by atoms with Crippen molar-refractivity contribution in [3.63, 3.8) is 0 Å². The fraction of sp³-hybridized carbons (Fsp3) is 0.500. The zero-order valence-corrected chi connectivity index (χ0v) is 12.3. The molecule has 2 aromatic rings. The predicted molar refractivity (Wildman–Crippen MR) is 79.6 cm³/mol. The van der Waals surface area contributed by atoms with E-state index in [1.54, 1.807) is 0 Å². The number of halogens is 1. The van der Waals surface area contributed by atoms with E-state index < -0.39 is 0 Å². The van der Waals surface area contributed by atoms with Crippen LogP contribution in [0.25, 0.3) is 11.0 Å². The van der Waals surface area contributed by atoms with Gasteiger partial charge >= 0.3 is 0 Å². The first kappa shape index (κ1) is 13.0. The molecule has 3 rings (SSSR count). The lowest BCUT2D eigenvalue weighted by Gasteiger charge is -2.07. The third kappa shape index (κ3) is 2.96. The van der Waals surface area contributed by atoms with Crippen molar-refractivity contribution in [2.75, 3.05) is 0 Å². The highest BCUT2D eigenvalue weighted by Crippen LogP contribution is 2.31. The number of benzene rings is 1. The largest absolute Gasteiger partial charge is 0.459 e. The third-order valence-corrected chi connectivity index (χ3v) is 3.81. The molecule has 0 spiro atoms. The van der Waals surface area contributed by atoms with Crippen molar-refractivity contribution in [1.82, 2.24) is 5.32 Å². The highest BCUT2D eigenvalue weighted by atomic mass is 35.5. The summed E-state index contributed by atoms with van der Waals surface area (Å²) in [6.45, 7) is 5.31. The van der Waals surface area contributed by atoms with Crippen molar-refractivity contribution < 1.29 is 4.42 Å². The van der Waals surface area contributed by atoms with Gasteiger partial charge < -0.3 is 9.73 Å². The molecule has 0 amide bonds. The van der Waals surface area contributed by atoms with Crippen LogP contribution in [0.5, 0.6) is 0 Å². The Morgan fingerprint density at radius 2 is 2.16 bits per heavy atom. The van der Waals surface area contributed by atoms with E-state index in [-0.39, 0.29) is 0 Å². The van der Waals surface area contributed by atoms with Gasteiger partial charge in [0, 0.05) is 22.0 Å². The molecule has 0 aliphatic heterocycles. The summed E-state index contributed by atoms with van der Waals surface area (Å²) in [5.41, 5.74) is 2.27. The van der Waals surface area contributed by atoms with Gasteiger partial charge in [0.05, 0.1) is 6.54 Å². The fourth-order valence-electron chi connectivity index (χ4n) is 2.47. The predicted octanol–water partition coefficient (Wildman–Crippen LogP) is 4.54. The van der Waals surface area contributed by atoms with E-state index in [4.69, 9.17) is 16.0 Å². The van der Waals surface area contributed by atoms with Gasteiger partial charge in [0.2, 0.25) is 0 Å². The summed E-state index contributed by atoms with van der Waals surface area (Å²) in [5.74, 6) is 1.69. The summed E-state index contributed by atoms with van der Waals surface area (Å²) in [6.07, 6.45) is 3.63. The van der Waals surface area contributed by atoms with Gasteiger partial charge in [-0.1, -0.05) is 25.4 Å². The molecule has 1 heterocycles. The standard InChI is InChI=1S/C16H20ClNO/c1-10(2)7-13-14-8-11(17)3-6-15(14)19-16(13)9-18-12-4-5-12/h3,6,8,10,12,18H,4-5,7,9H2,1-2H3. The van der Waals surface area contributed by atoms with Crippen molar-refractivity contribution in [3.05, 3.63) is 34.5 Å². The van der Waals surface area contributed by atoms with Crippen LogP contribution in [0.3, 0.4) is 0 Å². The number of rotatable bonds is 5. The SMILES string of the molecule is CC(C)Cc1c(CNC2CC2)oc2ccc(Cl)cc12. The summed E-state index contributed by atoms with van der Waals surface area (Å²) < 4.78 is 6.01. The molecule has 102 valence electrons. The first-order valence-electron chi connectivity index (χ1n) is 7.06. The number of nitrogens with one attached hydrogen (secondary N) is 1. The van der Waals surface area contributed by atoms with Crippen LogP contribution in [0.15, 0.2) is 22.6 Å². The number of hydrogen-bond acceptors (Lipinski definition) is 2. The molecule has 0 radical (unpaired) electrons. The Morgan fingerprint density at radius 1 is 1.37 bits per heavy atom. The maximum atomic E-state index is 6.12. The van der Waals surface area contributed by atoms with Crippen molar-refractivity contribution >= 4 is 22.6 Å². The van der Waals surface area contributed by atoms with Gasteiger partial charge in [0.1, 0.15) is 11.3 Å². The zero-order valence-electron chi connectivity index (χ0n) is 11.5. The minimum absolute atomic E-state index is 0.611. The van der Waals surface area contributed by atoms with Crippen LogP contribution in [-0.2, 0) is 13.0 Å². The third-order valence-electron chi connectivity index (χ3n) is 3.58. The van der Waals surface area contributed by atoms with Gasteiger partial charge in [-0.2, -0.15) is 0 Å². The van der Waals surface area contributed by atoms with Gasteiger partial charge in [-0.15, -0.1) is 0 Å². The molecule has 19 heavy (non-hydrogen) atoms. The average molecular weight is 278 g/mol. The van der Waals surface area contributed by atoms with E-state index in [1.807, 2.05) is 18.2 Å². The molecule has 0 bridgehead atoms. The van der Waals surface area contributed by atoms with Crippen molar-refractivity contribution in [1.29, 1.82) is 0 Å². The van der Waals surface area contributed by atoms with E-state index in [2.05, 4.69) is 19.2 Å². The first-order valence-corrected chi connectivity index (χ1v) is 7.44. The Bertz CT molecular complexity index is 584. The van der Waals surface area contributed by atoms with E-state index in [0.717, 1.165) is 29.3 Å². The van der Waals surface area contributed by atoms with Crippen LogP contribution in [0, 0.1) is 5.92 Å². The molecule has 3 heteroatoms. The number of fused-ring (bicyclic) bond motifs is 1. The maximum Gasteiger partial charge on any atom is 0.134 e. The van der Waals surface area contributed by atoms with Crippen molar-refractivity contribution in [2.45, 2.75) is 45.7 Å². The summed E-state index contributed by atoms with van der Waals surface area (Å²) in [6, 6.07) is 6.59. The lowest BCUT2D eigenvalue weighted by Crippen LogP contribution is -2.16. The van der Waals surface area contributed by atoms with E-state index in [1.165, 1.54) is 23.8 Å². The van der Waals surface area contributed by atoms with Crippen LogP contribution in [0.1, 0.15) is 38.0 Å². The second-order valence-corrected chi connectivity index (χ2v) is 6.33. The molecule has 1 aliphatic rings. The van der Waals surface area contributed by atoms with Crippen LogP contribution < -0.4 is 5.32 Å². The second-order valence-electron chi connectivity index (χ2n) is 5.90. The Labute approximate surface area is 119 Å². The molecule has 1 aliphatic carbocycles. The van der Waals surface area contributed by atoms with Crippen LogP contribution in [-0.4, -0.2) is 6.04 Å². The molecule has 0 saturated heterocycles. The molecule has 1 saturated carbocycles. The molecule has 1 fully saturated rings. The van der Waals surface area contributed by atoms with Gasteiger partial charge in [-0.25, -0.2) is 0 Å². The Kier molecular flexibility index (Phi) is 3.55. The van der Waals surface area contributed by atoms with Gasteiger partial charge in [0.15, 0.2) is 0 Å². The van der Waals surface area contributed by atoms with E-state index in [0.29, 0.717) is 12.0 Å². The van der Waals surface area contributed by atoms with Gasteiger partial charge in [0.25, 0.3) is 0 Å². The minimum atomic E-state index is 0.611. The van der Waals surface area contributed by atoms with E-state index in [9.17, 15) is 0 Å². The Balaban J connectivity index is 1.97. The molecule has 1 aromatic carbocycles. The van der Waals surface area contributed by atoms with Crippen molar-refractivity contribution in [3.8, 4) is 0 Å². The topological polar surface area (TPSA) is 25.2 Å². The fourth-order valence-corrected chi connectivity index (χ4v) is 2.64. The molecule has 0 unspecified atom stereocenters. The first-order chi connectivity index (χ1) is 9.13. The van der Waals surface area contributed by atoms with Crippen LogP contribution in [0.4, 0.5) is 0 Å². The molecular weight excluding hydrogens is 258 g/mol. The van der Waals surface area contributed by atoms with Gasteiger partial charge in [-0.3, -0.25) is 0 Å². The lowest BCUT2D eigenvalue weighted by molar-refractivity contribution is 0.500. The summed E-state index contributed by atoms with van der Waals surface area (Å²) in [7, 11) is 0. The zero-order chi connectivity index (χ0) is 13.4. The summed E-state index contributed by atoms with van der Waals surface area (Å²) >= 11 is 6.12. The monoisotopic (exact) mass is 277 g/mol. The quantitative estimate of drug-likeness (QED) is 0.868. The Morgan fingerprint density at radius 3 is 2.84 bits per heavy atom. The summed E-state index contributed by atoms with van der Waals surface area (Å²) in [4.78, 5) is 0.